The van der Waals surface area contributed by atoms with E-state index in [9.17, 15) is 9.18 Å². The average Bonchev–Trinajstić information content (AvgIpc) is 3.25. The van der Waals surface area contributed by atoms with Crippen molar-refractivity contribution in [3.8, 4) is 10.6 Å². The molecular weight excluding hydrogens is 327 g/mol. The first-order valence-electron chi connectivity index (χ1n) is 7.60. The van der Waals surface area contributed by atoms with E-state index in [4.69, 9.17) is 0 Å². The summed E-state index contributed by atoms with van der Waals surface area (Å²) in [5.74, 6) is -0.372. The Morgan fingerprint density at radius 2 is 2.17 bits per heavy atom. The number of amides is 1. The molecule has 1 aliphatic rings. The van der Waals surface area contributed by atoms with Crippen LogP contribution in [0.15, 0.2) is 47.8 Å². The Bertz CT molecular complexity index is 857. The van der Waals surface area contributed by atoms with Crippen LogP contribution in [0.3, 0.4) is 0 Å². The van der Waals surface area contributed by atoms with E-state index in [1.54, 1.807) is 28.2 Å². The second-order valence-electron chi connectivity index (χ2n) is 5.57. The molecule has 2 aromatic heterocycles. The van der Waals surface area contributed by atoms with E-state index in [0.717, 1.165) is 16.1 Å². The van der Waals surface area contributed by atoms with Gasteiger partial charge < -0.3 is 5.32 Å². The maximum absolute atomic E-state index is 13.0. The van der Waals surface area contributed by atoms with Gasteiger partial charge in [0.25, 0.3) is 5.91 Å². The van der Waals surface area contributed by atoms with Crippen LogP contribution in [0, 0.1) is 5.82 Å². The van der Waals surface area contributed by atoms with E-state index in [2.05, 4.69) is 15.7 Å². The summed E-state index contributed by atoms with van der Waals surface area (Å²) in [6, 6.07) is 12.1. The molecule has 5 nitrogen and oxygen atoms in total. The molecule has 122 valence electrons. The van der Waals surface area contributed by atoms with Crippen molar-refractivity contribution in [2.75, 3.05) is 6.54 Å². The molecule has 7 heteroatoms. The van der Waals surface area contributed by atoms with Crippen molar-refractivity contribution in [1.82, 2.24) is 20.4 Å². The lowest BCUT2D eigenvalue weighted by atomic mass is 10.2. The van der Waals surface area contributed by atoms with Crippen LogP contribution in [0.1, 0.15) is 22.2 Å². The Kier molecular flexibility index (Phi) is 3.87. The maximum Gasteiger partial charge on any atom is 0.269 e. The third-order valence-corrected chi connectivity index (χ3v) is 4.84. The number of rotatable bonds is 4. The molecule has 0 saturated heterocycles. The van der Waals surface area contributed by atoms with Crippen LogP contribution >= 0.6 is 11.3 Å². The minimum atomic E-state index is -0.251. The van der Waals surface area contributed by atoms with Gasteiger partial charge in [-0.1, -0.05) is 18.2 Å². The van der Waals surface area contributed by atoms with Gasteiger partial charge in [-0.15, -0.1) is 11.3 Å². The molecule has 0 radical (unpaired) electrons. The SMILES string of the molecule is O=C1NCC(NCc2ccc(F)cc2)n2nc(-c3cccs3)cc21. The molecule has 0 fully saturated rings. The van der Waals surface area contributed by atoms with Crippen LogP contribution in [0.2, 0.25) is 0 Å². The van der Waals surface area contributed by atoms with Crippen LogP contribution in [0.4, 0.5) is 4.39 Å². The summed E-state index contributed by atoms with van der Waals surface area (Å²) >= 11 is 1.59. The normalized spacial score (nSPS) is 16.7. The van der Waals surface area contributed by atoms with Gasteiger partial charge >= 0.3 is 0 Å². The molecule has 0 spiro atoms. The summed E-state index contributed by atoms with van der Waals surface area (Å²) < 4.78 is 14.7. The van der Waals surface area contributed by atoms with Crippen molar-refractivity contribution >= 4 is 17.2 Å². The second kappa shape index (κ2) is 6.18. The van der Waals surface area contributed by atoms with Crippen LogP contribution in [-0.4, -0.2) is 22.2 Å². The van der Waals surface area contributed by atoms with Gasteiger partial charge in [-0.3, -0.25) is 10.1 Å². The molecular formula is C17H15FN4OS. The van der Waals surface area contributed by atoms with Crippen LogP contribution in [-0.2, 0) is 6.54 Å². The van der Waals surface area contributed by atoms with Crippen LogP contribution in [0.5, 0.6) is 0 Å². The van der Waals surface area contributed by atoms with Crippen molar-refractivity contribution < 1.29 is 9.18 Å². The molecule has 1 aliphatic heterocycles. The molecule has 1 amide bonds. The van der Waals surface area contributed by atoms with Gasteiger partial charge in [-0.25, -0.2) is 9.07 Å². The van der Waals surface area contributed by atoms with Crippen LogP contribution < -0.4 is 10.6 Å². The highest BCUT2D eigenvalue weighted by Gasteiger charge is 2.27. The van der Waals surface area contributed by atoms with Crippen LogP contribution in [0.25, 0.3) is 10.6 Å². The Morgan fingerprint density at radius 3 is 2.92 bits per heavy atom. The Hall–Kier alpha value is -2.51. The lowest BCUT2D eigenvalue weighted by Crippen LogP contribution is -2.45. The van der Waals surface area contributed by atoms with E-state index in [1.165, 1.54) is 12.1 Å². The van der Waals surface area contributed by atoms with Crippen molar-refractivity contribution in [1.29, 1.82) is 0 Å². The van der Waals surface area contributed by atoms with Gasteiger partial charge in [0.15, 0.2) is 0 Å². The molecule has 0 bridgehead atoms. The number of nitrogens with one attached hydrogen (secondary N) is 2. The molecule has 2 N–H and O–H groups in total. The summed E-state index contributed by atoms with van der Waals surface area (Å²) in [5, 5.41) is 12.8. The molecule has 1 atom stereocenters. The molecule has 0 aliphatic carbocycles. The van der Waals surface area contributed by atoms with E-state index in [0.29, 0.717) is 18.8 Å². The summed E-state index contributed by atoms with van der Waals surface area (Å²) in [6.45, 7) is 1.02. The second-order valence-corrected chi connectivity index (χ2v) is 6.52. The predicted octanol–water partition coefficient (Wildman–Crippen LogP) is 2.78. The number of thiophene rings is 1. The number of carbonyl (C=O) groups is 1. The van der Waals surface area contributed by atoms with Crippen molar-refractivity contribution in [3.05, 3.63) is 64.9 Å². The van der Waals surface area contributed by atoms with Crippen molar-refractivity contribution in [3.63, 3.8) is 0 Å². The standard InChI is InChI=1S/C17H15FN4OS/c18-12-5-3-11(4-6-12)9-19-16-10-20-17(23)14-8-13(21-22(14)16)15-2-1-7-24-15/h1-8,16,19H,9-10H2,(H,20,23). The highest BCUT2D eigenvalue weighted by molar-refractivity contribution is 7.13. The summed E-state index contributed by atoms with van der Waals surface area (Å²) in [7, 11) is 0. The van der Waals surface area contributed by atoms with Crippen molar-refractivity contribution in [2.45, 2.75) is 12.7 Å². The topological polar surface area (TPSA) is 59.0 Å². The van der Waals surface area contributed by atoms with Gasteiger partial charge in [0.1, 0.15) is 23.4 Å². The van der Waals surface area contributed by atoms with Gasteiger partial charge in [0, 0.05) is 6.54 Å². The largest absolute Gasteiger partial charge is 0.347 e. The number of hydrogen-bond donors (Lipinski definition) is 2. The van der Waals surface area contributed by atoms with E-state index >= 15 is 0 Å². The number of benzene rings is 1. The molecule has 1 aromatic carbocycles. The zero-order valence-electron chi connectivity index (χ0n) is 12.7. The first kappa shape index (κ1) is 15.0. The average molecular weight is 342 g/mol. The number of fused-ring (bicyclic) bond motifs is 1. The highest BCUT2D eigenvalue weighted by atomic mass is 32.1. The highest BCUT2D eigenvalue weighted by Crippen LogP contribution is 2.26. The van der Waals surface area contributed by atoms with E-state index in [-0.39, 0.29) is 17.9 Å². The minimum absolute atomic E-state index is 0.120. The number of halogens is 1. The monoisotopic (exact) mass is 342 g/mol. The molecule has 24 heavy (non-hydrogen) atoms. The fraction of sp³-hybridized carbons (Fsp3) is 0.176. The Morgan fingerprint density at radius 1 is 1.33 bits per heavy atom. The van der Waals surface area contributed by atoms with E-state index < -0.39 is 0 Å². The lowest BCUT2D eigenvalue weighted by molar-refractivity contribution is 0.0900. The van der Waals surface area contributed by atoms with Crippen molar-refractivity contribution in [2.24, 2.45) is 0 Å². The Balaban J connectivity index is 1.56. The first-order chi connectivity index (χ1) is 11.7. The first-order valence-corrected chi connectivity index (χ1v) is 8.48. The number of nitrogens with zero attached hydrogens (tertiary/aromatic N) is 2. The van der Waals surface area contributed by atoms with Gasteiger partial charge in [0.05, 0.1) is 11.4 Å². The molecule has 3 aromatic rings. The van der Waals surface area contributed by atoms with Gasteiger partial charge in [-0.2, -0.15) is 5.10 Å². The molecule has 3 heterocycles. The smallest absolute Gasteiger partial charge is 0.269 e. The fourth-order valence-electron chi connectivity index (χ4n) is 2.71. The summed E-state index contributed by atoms with van der Waals surface area (Å²) in [4.78, 5) is 13.1. The molecule has 0 saturated carbocycles. The fourth-order valence-corrected chi connectivity index (χ4v) is 3.39. The summed E-state index contributed by atoms with van der Waals surface area (Å²) in [6.07, 6.45) is -0.142. The zero-order chi connectivity index (χ0) is 16.5. The third kappa shape index (κ3) is 2.83. The minimum Gasteiger partial charge on any atom is -0.347 e. The lowest BCUT2D eigenvalue weighted by Gasteiger charge is -2.25. The maximum atomic E-state index is 13.0. The zero-order valence-corrected chi connectivity index (χ0v) is 13.5. The van der Waals surface area contributed by atoms with Gasteiger partial charge in [0.2, 0.25) is 0 Å². The Labute approximate surface area is 142 Å². The third-order valence-electron chi connectivity index (χ3n) is 3.95. The molecule has 4 rings (SSSR count). The predicted molar refractivity (Wildman–Crippen MR) is 90.1 cm³/mol. The summed E-state index contributed by atoms with van der Waals surface area (Å²) in [5.41, 5.74) is 2.31. The number of aromatic nitrogens is 2. The number of carbonyl (C=O) groups excluding carboxylic acids is 1. The molecule has 1 unspecified atom stereocenters. The van der Waals surface area contributed by atoms with Gasteiger partial charge in [-0.05, 0) is 35.2 Å². The van der Waals surface area contributed by atoms with E-state index in [1.807, 2.05) is 23.6 Å². The number of hydrogen-bond acceptors (Lipinski definition) is 4. The quantitative estimate of drug-likeness (QED) is 0.766.